The van der Waals surface area contributed by atoms with Crippen molar-refractivity contribution < 1.29 is 4.79 Å². The third-order valence-electron chi connectivity index (χ3n) is 2.59. The fourth-order valence-corrected chi connectivity index (χ4v) is 3.05. The summed E-state index contributed by atoms with van der Waals surface area (Å²) >= 11 is 5.10. The highest BCUT2D eigenvalue weighted by atomic mass is 79.9. The van der Waals surface area contributed by atoms with Gasteiger partial charge < -0.3 is 0 Å². The van der Waals surface area contributed by atoms with Crippen molar-refractivity contribution in [2.75, 3.05) is 5.75 Å². The van der Waals surface area contributed by atoms with Crippen LogP contribution in [0.25, 0.3) is 0 Å². The van der Waals surface area contributed by atoms with Crippen LogP contribution in [0.3, 0.4) is 0 Å². The van der Waals surface area contributed by atoms with Crippen molar-refractivity contribution in [3.63, 3.8) is 0 Å². The topological polar surface area (TPSA) is 17.1 Å². The molecule has 0 radical (unpaired) electrons. The summed E-state index contributed by atoms with van der Waals surface area (Å²) in [4.78, 5) is 12.8. The molecule has 0 atom stereocenters. The van der Waals surface area contributed by atoms with Crippen LogP contribution in [0.1, 0.15) is 32.1 Å². The van der Waals surface area contributed by atoms with E-state index in [9.17, 15) is 4.79 Å². The van der Waals surface area contributed by atoms with E-state index < -0.39 is 0 Å². The molecule has 1 nitrogen and oxygen atoms in total. The predicted octanol–water partition coefficient (Wildman–Crippen LogP) is 5.25. The van der Waals surface area contributed by atoms with Gasteiger partial charge in [-0.15, -0.1) is 18.3 Å². The SMILES string of the molecule is C=CCCCCCC(=O)CSc1ccccc1Br. The number of ketones is 1. The number of carbonyl (C=O) groups excluding carboxylic acids is 1. The number of hydrogen-bond acceptors (Lipinski definition) is 2. The van der Waals surface area contributed by atoms with E-state index in [1.54, 1.807) is 11.8 Å². The van der Waals surface area contributed by atoms with Crippen LogP contribution in [0.5, 0.6) is 0 Å². The lowest BCUT2D eigenvalue weighted by molar-refractivity contribution is -0.116. The van der Waals surface area contributed by atoms with Crippen molar-refractivity contribution in [1.82, 2.24) is 0 Å². The highest BCUT2D eigenvalue weighted by Gasteiger charge is 2.05. The van der Waals surface area contributed by atoms with E-state index in [1.165, 1.54) is 0 Å². The lowest BCUT2D eigenvalue weighted by Gasteiger charge is -2.03. The molecule has 1 rings (SSSR count). The molecular weight excluding hydrogens is 308 g/mol. The molecule has 0 aliphatic rings. The van der Waals surface area contributed by atoms with E-state index in [1.807, 2.05) is 30.3 Å². The van der Waals surface area contributed by atoms with Crippen LogP contribution in [0.2, 0.25) is 0 Å². The van der Waals surface area contributed by atoms with Crippen LogP contribution in [0, 0.1) is 0 Å². The maximum absolute atomic E-state index is 11.7. The van der Waals surface area contributed by atoms with Gasteiger partial charge in [-0.3, -0.25) is 4.79 Å². The zero-order valence-corrected chi connectivity index (χ0v) is 12.9. The largest absolute Gasteiger partial charge is 0.299 e. The number of carbonyl (C=O) groups is 1. The maximum Gasteiger partial charge on any atom is 0.143 e. The Morgan fingerprint density at radius 2 is 2.06 bits per heavy atom. The zero-order valence-electron chi connectivity index (χ0n) is 10.5. The first kappa shape index (κ1) is 15.5. The molecule has 18 heavy (non-hydrogen) atoms. The van der Waals surface area contributed by atoms with Crippen molar-refractivity contribution >= 4 is 33.5 Å². The van der Waals surface area contributed by atoms with Gasteiger partial charge in [0.2, 0.25) is 0 Å². The lowest BCUT2D eigenvalue weighted by Crippen LogP contribution is -2.01. The van der Waals surface area contributed by atoms with E-state index in [-0.39, 0.29) is 0 Å². The number of unbranched alkanes of at least 4 members (excludes halogenated alkanes) is 3. The Labute approximate surface area is 122 Å². The number of benzene rings is 1. The summed E-state index contributed by atoms with van der Waals surface area (Å²) in [6, 6.07) is 8.01. The molecule has 0 amide bonds. The molecule has 0 saturated carbocycles. The van der Waals surface area contributed by atoms with Crippen LogP contribution in [-0.2, 0) is 4.79 Å². The van der Waals surface area contributed by atoms with Crippen LogP contribution >= 0.6 is 27.7 Å². The first-order valence-corrected chi connectivity index (χ1v) is 8.02. The van der Waals surface area contributed by atoms with E-state index in [4.69, 9.17) is 0 Å². The maximum atomic E-state index is 11.7. The van der Waals surface area contributed by atoms with E-state index in [0.717, 1.165) is 35.1 Å². The summed E-state index contributed by atoms with van der Waals surface area (Å²) in [5, 5.41) is 0. The highest BCUT2D eigenvalue weighted by Crippen LogP contribution is 2.27. The molecule has 0 saturated heterocycles. The molecular formula is C15H19BrOS. The molecule has 0 aliphatic carbocycles. The fourth-order valence-electron chi connectivity index (χ4n) is 1.58. The monoisotopic (exact) mass is 326 g/mol. The summed E-state index contributed by atoms with van der Waals surface area (Å²) in [6.07, 6.45) is 6.97. The van der Waals surface area contributed by atoms with Crippen molar-refractivity contribution in [1.29, 1.82) is 0 Å². The van der Waals surface area contributed by atoms with E-state index in [0.29, 0.717) is 18.0 Å². The number of thioether (sulfide) groups is 1. The van der Waals surface area contributed by atoms with Crippen LogP contribution < -0.4 is 0 Å². The number of Topliss-reactive ketones (excluding diaryl/α,β-unsaturated/α-hetero) is 1. The molecule has 1 aromatic rings. The molecule has 0 heterocycles. The number of rotatable bonds is 9. The summed E-state index contributed by atoms with van der Waals surface area (Å²) in [7, 11) is 0. The summed E-state index contributed by atoms with van der Waals surface area (Å²) in [5.41, 5.74) is 0. The standard InChI is InChI=1S/C15H19BrOS/c1-2-3-4-5-6-9-13(17)12-18-15-11-8-7-10-14(15)16/h2,7-8,10-11H,1,3-6,9,12H2. The van der Waals surface area contributed by atoms with Crippen LogP contribution in [-0.4, -0.2) is 11.5 Å². The van der Waals surface area contributed by atoms with Gasteiger partial charge >= 0.3 is 0 Å². The Hall–Kier alpha value is -0.540. The van der Waals surface area contributed by atoms with Gasteiger partial charge in [0.25, 0.3) is 0 Å². The Bertz CT molecular complexity index is 390. The minimum atomic E-state index is 0.342. The van der Waals surface area contributed by atoms with Gasteiger partial charge in [-0.05, 0) is 47.3 Å². The molecule has 0 N–H and O–H groups in total. The normalized spacial score (nSPS) is 10.3. The number of halogens is 1. The zero-order chi connectivity index (χ0) is 13.2. The fraction of sp³-hybridized carbons (Fsp3) is 0.400. The third-order valence-corrected chi connectivity index (χ3v) is 4.68. The van der Waals surface area contributed by atoms with Gasteiger partial charge in [-0.2, -0.15) is 0 Å². The molecule has 0 aliphatic heterocycles. The van der Waals surface area contributed by atoms with Gasteiger partial charge in [-0.25, -0.2) is 0 Å². The summed E-state index contributed by atoms with van der Waals surface area (Å²) in [6.45, 7) is 3.69. The molecule has 0 fully saturated rings. The molecule has 1 aromatic carbocycles. The van der Waals surface area contributed by atoms with E-state index in [2.05, 4.69) is 22.5 Å². The Morgan fingerprint density at radius 3 is 2.78 bits per heavy atom. The third kappa shape index (κ3) is 6.41. The molecule has 98 valence electrons. The lowest BCUT2D eigenvalue weighted by atomic mass is 10.1. The van der Waals surface area contributed by atoms with Crippen molar-refractivity contribution in [3.05, 3.63) is 41.4 Å². The van der Waals surface area contributed by atoms with Gasteiger partial charge in [-0.1, -0.05) is 24.6 Å². The second-order valence-corrected chi connectivity index (χ2v) is 6.02. The first-order chi connectivity index (χ1) is 8.74. The minimum absolute atomic E-state index is 0.342. The van der Waals surface area contributed by atoms with E-state index >= 15 is 0 Å². The van der Waals surface area contributed by atoms with Gasteiger partial charge in [0.05, 0.1) is 5.75 Å². The number of allylic oxidation sites excluding steroid dienone is 1. The molecule has 0 bridgehead atoms. The van der Waals surface area contributed by atoms with Crippen molar-refractivity contribution in [2.24, 2.45) is 0 Å². The van der Waals surface area contributed by atoms with Gasteiger partial charge in [0, 0.05) is 15.8 Å². The number of hydrogen-bond donors (Lipinski definition) is 0. The Balaban J connectivity index is 2.17. The van der Waals surface area contributed by atoms with Crippen LogP contribution in [0.15, 0.2) is 46.3 Å². The first-order valence-electron chi connectivity index (χ1n) is 6.24. The molecule has 0 aromatic heterocycles. The average molecular weight is 327 g/mol. The Kier molecular flexibility index (Phi) is 8.10. The quantitative estimate of drug-likeness (QED) is 0.350. The molecule has 0 unspecified atom stereocenters. The van der Waals surface area contributed by atoms with Gasteiger partial charge in [0.1, 0.15) is 5.78 Å². The highest BCUT2D eigenvalue weighted by molar-refractivity contribution is 9.10. The minimum Gasteiger partial charge on any atom is -0.299 e. The second-order valence-electron chi connectivity index (χ2n) is 4.15. The Morgan fingerprint density at radius 1 is 1.28 bits per heavy atom. The summed E-state index contributed by atoms with van der Waals surface area (Å²) in [5.74, 6) is 0.915. The summed E-state index contributed by atoms with van der Waals surface area (Å²) < 4.78 is 1.06. The van der Waals surface area contributed by atoms with Crippen molar-refractivity contribution in [3.8, 4) is 0 Å². The van der Waals surface area contributed by atoms with Crippen LogP contribution in [0.4, 0.5) is 0 Å². The predicted molar refractivity (Wildman–Crippen MR) is 83.2 cm³/mol. The van der Waals surface area contributed by atoms with Crippen molar-refractivity contribution in [2.45, 2.75) is 37.0 Å². The smallest absolute Gasteiger partial charge is 0.143 e. The average Bonchev–Trinajstić information content (AvgIpc) is 2.37. The molecule has 0 spiro atoms. The second kappa shape index (κ2) is 9.40. The molecule has 3 heteroatoms. The van der Waals surface area contributed by atoms with Gasteiger partial charge in [0.15, 0.2) is 0 Å².